The Labute approximate surface area is 157 Å². The molecule has 154 valence electrons. The highest BCUT2D eigenvalue weighted by Gasteiger charge is 2.47. The van der Waals surface area contributed by atoms with E-state index in [4.69, 9.17) is 13.9 Å². The van der Waals surface area contributed by atoms with Gasteiger partial charge in [0.15, 0.2) is 8.32 Å². The highest BCUT2D eigenvalue weighted by atomic mass is 28.4. The molecule has 8 heteroatoms. The van der Waals surface area contributed by atoms with E-state index in [0.717, 1.165) is 4.90 Å². The molecule has 0 spiro atoms. The molecule has 0 saturated carbocycles. The fourth-order valence-electron chi connectivity index (χ4n) is 2.31. The highest BCUT2D eigenvalue weighted by Crippen LogP contribution is 2.36. The summed E-state index contributed by atoms with van der Waals surface area (Å²) in [6, 6.07) is 0. The monoisotopic (exact) mass is 395 g/mol. The number of nitrogens with zero attached hydrogens (tertiary/aromatic N) is 1. The molecular formula is C18H35F2NO4Si. The maximum atomic E-state index is 14.4. The van der Waals surface area contributed by atoms with Crippen LogP contribution in [0, 0.1) is 0 Å². The van der Waals surface area contributed by atoms with Gasteiger partial charge in [0, 0.05) is 6.54 Å². The molecule has 1 heterocycles. The van der Waals surface area contributed by atoms with Gasteiger partial charge in [0.2, 0.25) is 0 Å². The lowest BCUT2D eigenvalue weighted by atomic mass is 10.0. The molecule has 0 N–H and O–H groups in total. The molecule has 0 aliphatic carbocycles. The van der Waals surface area contributed by atoms with Crippen molar-refractivity contribution < 1.29 is 27.5 Å². The number of carbonyl (C=O) groups excluding carboxylic acids is 1. The molecule has 1 saturated heterocycles. The van der Waals surface area contributed by atoms with Crippen LogP contribution in [0.4, 0.5) is 13.6 Å². The lowest BCUT2D eigenvalue weighted by Gasteiger charge is -2.39. The molecule has 1 aliphatic heterocycles. The lowest BCUT2D eigenvalue weighted by molar-refractivity contribution is -0.172. The Bertz CT molecular complexity index is 487. The van der Waals surface area contributed by atoms with Crippen LogP contribution < -0.4 is 0 Å². The van der Waals surface area contributed by atoms with Crippen LogP contribution in [0.1, 0.15) is 48.0 Å². The number of rotatable bonds is 5. The molecule has 0 radical (unpaired) electrons. The molecule has 0 aromatic heterocycles. The van der Waals surface area contributed by atoms with E-state index in [1.165, 1.54) is 0 Å². The number of halogens is 2. The van der Waals surface area contributed by atoms with Gasteiger partial charge in [0.05, 0.1) is 19.8 Å². The Morgan fingerprint density at radius 1 is 1.15 bits per heavy atom. The first-order valence-corrected chi connectivity index (χ1v) is 12.1. The number of hydrogen-bond donors (Lipinski definition) is 0. The average Bonchev–Trinajstić information content (AvgIpc) is 2.41. The van der Waals surface area contributed by atoms with Crippen molar-refractivity contribution in [1.29, 1.82) is 0 Å². The van der Waals surface area contributed by atoms with Crippen LogP contribution in [-0.4, -0.2) is 63.2 Å². The van der Waals surface area contributed by atoms with Crippen LogP contribution >= 0.6 is 0 Å². The van der Waals surface area contributed by atoms with Gasteiger partial charge in [-0.2, -0.15) is 0 Å². The molecule has 1 amide bonds. The molecule has 0 aromatic rings. The van der Waals surface area contributed by atoms with Gasteiger partial charge in [-0.05, 0) is 45.3 Å². The number of carbonyl (C=O) groups is 1. The quantitative estimate of drug-likeness (QED) is 0.501. The standard InChI is InChI=1S/C18H35F2NO4Si/c1-16(2,3)25-15(22)21-10-9-14(18(19,20)13-21)23-11-12-24-26(7,8)17(4,5)6/h14H,9-13H2,1-8H3/t14-/m0/s1. The second-order valence-corrected chi connectivity index (χ2v) is 14.2. The van der Waals surface area contributed by atoms with Crippen molar-refractivity contribution in [2.75, 3.05) is 26.3 Å². The minimum absolute atomic E-state index is 0.0652. The second kappa shape index (κ2) is 8.10. The molecule has 0 bridgehead atoms. The first-order valence-electron chi connectivity index (χ1n) is 9.16. The number of piperidine rings is 1. The molecule has 1 fully saturated rings. The van der Waals surface area contributed by atoms with E-state index < -0.39 is 38.6 Å². The summed E-state index contributed by atoms with van der Waals surface area (Å²) < 4.78 is 45.2. The smallest absolute Gasteiger partial charge is 0.410 e. The molecule has 0 unspecified atom stereocenters. The first-order chi connectivity index (χ1) is 11.6. The van der Waals surface area contributed by atoms with E-state index >= 15 is 0 Å². The first kappa shape index (κ1) is 23.3. The molecular weight excluding hydrogens is 360 g/mol. The third-order valence-corrected chi connectivity index (χ3v) is 9.40. The van der Waals surface area contributed by atoms with E-state index in [0.29, 0.717) is 6.61 Å². The Morgan fingerprint density at radius 2 is 1.73 bits per heavy atom. The van der Waals surface area contributed by atoms with Gasteiger partial charge in [-0.1, -0.05) is 20.8 Å². The largest absolute Gasteiger partial charge is 0.444 e. The minimum atomic E-state index is -3.11. The van der Waals surface area contributed by atoms with Crippen LogP contribution in [0.25, 0.3) is 0 Å². The Hall–Kier alpha value is -0.733. The van der Waals surface area contributed by atoms with E-state index in [9.17, 15) is 13.6 Å². The molecule has 0 aromatic carbocycles. The fraction of sp³-hybridized carbons (Fsp3) is 0.944. The number of likely N-dealkylation sites (tertiary alicyclic amines) is 1. The van der Waals surface area contributed by atoms with Crippen molar-refractivity contribution in [3.63, 3.8) is 0 Å². The number of amides is 1. The Morgan fingerprint density at radius 3 is 2.19 bits per heavy atom. The summed E-state index contributed by atoms with van der Waals surface area (Å²) in [6.45, 7) is 15.7. The van der Waals surface area contributed by atoms with Crippen LogP contribution in [0.2, 0.25) is 18.1 Å². The molecule has 1 rings (SSSR count). The van der Waals surface area contributed by atoms with Crippen LogP contribution in [0.3, 0.4) is 0 Å². The van der Waals surface area contributed by atoms with Crippen molar-refractivity contribution in [2.24, 2.45) is 0 Å². The zero-order chi connectivity index (χ0) is 20.4. The molecule has 5 nitrogen and oxygen atoms in total. The maximum Gasteiger partial charge on any atom is 0.410 e. The summed E-state index contributed by atoms with van der Waals surface area (Å²) in [4.78, 5) is 13.0. The number of hydrogen-bond acceptors (Lipinski definition) is 4. The normalized spacial score (nSPS) is 21.6. The van der Waals surface area contributed by atoms with Crippen molar-refractivity contribution >= 4 is 14.4 Å². The highest BCUT2D eigenvalue weighted by molar-refractivity contribution is 6.74. The fourth-order valence-corrected chi connectivity index (χ4v) is 3.34. The molecule has 1 aliphatic rings. The van der Waals surface area contributed by atoms with Crippen molar-refractivity contribution in [2.45, 2.75) is 83.7 Å². The molecule has 26 heavy (non-hydrogen) atoms. The summed E-state index contributed by atoms with van der Waals surface area (Å²) in [6.07, 6.45) is -1.84. The van der Waals surface area contributed by atoms with Gasteiger partial charge in [0.25, 0.3) is 5.92 Å². The average molecular weight is 396 g/mol. The third-order valence-electron chi connectivity index (χ3n) is 4.86. The van der Waals surface area contributed by atoms with Gasteiger partial charge in [0.1, 0.15) is 11.7 Å². The van der Waals surface area contributed by atoms with Gasteiger partial charge in [-0.3, -0.25) is 0 Å². The maximum absolute atomic E-state index is 14.4. The summed E-state index contributed by atoms with van der Waals surface area (Å²) >= 11 is 0. The van der Waals surface area contributed by atoms with E-state index in [2.05, 4.69) is 33.9 Å². The van der Waals surface area contributed by atoms with Crippen molar-refractivity contribution in [1.82, 2.24) is 4.90 Å². The minimum Gasteiger partial charge on any atom is -0.444 e. The lowest BCUT2D eigenvalue weighted by Crippen LogP contribution is -2.55. The van der Waals surface area contributed by atoms with Gasteiger partial charge < -0.3 is 18.8 Å². The van der Waals surface area contributed by atoms with Gasteiger partial charge in [-0.15, -0.1) is 0 Å². The summed E-state index contributed by atoms with van der Waals surface area (Å²) in [5, 5.41) is 0.0652. The SMILES string of the molecule is CC(C)(C)OC(=O)N1CC[C@H](OCCO[Si](C)(C)C(C)(C)C)C(F)(F)C1. The summed E-state index contributed by atoms with van der Waals surface area (Å²) in [5.74, 6) is -3.11. The van der Waals surface area contributed by atoms with Crippen LogP contribution in [-0.2, 0) is 13.9 Å². The van der Waals surface area contributed by atoms with Gasteiger partial charge >= 0.3 is 6.09 Å². The predicted octanol–water partition coefficient (Wildman–Crippen LogP) is 4.67. The van der Waals surface area contributed by atoms with Crippen molar-refractivity contribution in [3.8, 4) is 0 Å². The van der Waals surface area contributed by atoms with E-state index in [-0.39, 0.29) is 24.6 Å². The van der Waals surface area contributed by atoms with Crippen LogP contribution in [0.5, 0.6) is 0 Å². The van der Waals surface area contributed by atoms with Crippen LogP contribution in [0.15, 0.2) is 0 Å². The van der Waals surface area contributed by atoms with Crippen molar-refractivity contribution in [3.05, 3.63) is 0 Å². The topological polar surface area (TPSA) is 48.0 Å². The second-order valence-electron chi connectivity index (χ2n) is 9.42. The van der Waals surface area contributed by atoms with E-state index in [1.54, 1.807) is 20.8 Å². The van der Waals surface area contributed by atoms with Gasteiger partial charge in [-0.25, -0.2) is 13.6 Å². The Balaban J connectivity index is 2.48. The number of ether oxygens (including phenoxy) is 2. The summed E-state index contributed by atoms with van der Waals surface area (Å²) in [5.41, 5.74) is -0.708. The zero-order valence-electron chi connectivity index (χ0n) is 17.4. The Kier molecular flexibility index (Phi) is 7.26. The predicted molar refractivity (Wildman–Crippen MR) is 100 cm³/mol. The summed E-state index contributed by atoms with van der Waals surface area (Å²) in [7, 11) is -1.91. The zero-order valence-corrected chi connectivity index (χ0v) is 18.4. The number of alkyl halides is 2. The molecule has 1 atom stereocenters. The third kappa shape index (κ3) is 6.77. The van der Waals surface area contributed by atoms with E-state index in [1.807, 2.05) is 0 Å².